The summed E-state index contributed by atoms with van der Waals surface area (Å²) in [6.45, 7) is 5.51. The molecule has 0 amide bonds. The van der Waals surface area contributed by atoms with Gasteiger partial charge >= 0.3 is 0 Å². The summed E-state index contributed by atoms with van der Waals surface area (Å²) in [4.78, 5) is 2.29. The first-order valence-corrected chi connectivity index (χ1v) is 6.35. The Morgan fingerprint density at radius 2 is 2.35 bits per heavy atom. The van der Waals surface area contributed by atoms with Crippen molar-refractivity contribution in [1.29, 1.82) is 0 Å². The zero-order chi connectivity index (χ0) is 12.3. The Hall–Kier alpha value is -0.770. The lowest BCUT2D eigenvalue weighted by Gasteiger charge is -2.22. The van der Waals surface area contributed by atoms with Crippen LogP contribution in [0.2, 0.25) is 5.02 Å². The van der Waals surface area contributed by atoms with Gasteiger partial charge in [-0.25, -0.2) is 0 Å². The summed E-state index contributed by atoms with van der Waals surface area (Å²) in [5.41, 5.74) is 0.881. The van der Waals surface area contributed by atoms with Gasteiger partial charge in [0, 0.05) is 31.8 Å². The highest BCUT2D eigenvalue weighted by atomic mass is 35.5. The first kappa shape index (κ1) is 12.7. The summed E-state index contributed by atoms with van der Waals surface area (Å²) in [5.74, 6) is 0.201. The molecule has 1 saturated heterocycles. The lowest BCUT2D eigenvalue weighted by atomic mass is 10.2. The molecular weight excluding hydrogens is 238 g/mol. The number of halogens is 1. The van der Waals surface area contributed by atoms with Crippen molar-refractivity contribution >= 4 is 11.6 Å². The molecular formula is C13H18ClNO2. The molecule has 1 heterocycles. The predicted octanol–water partition coefficient (Wildman–Crippen LogP) is 2.66. The number of ether oxygens (including phenoxy) is 1. The minimum Gasteiger partial charge on any atom is -0.506 e. The van der Waals surface area contributed by atoms with Crippen LogP contribution in [0.3, 0.4) is 0 Å². The molecule has 94 valence electrons. The van der Waals surface area contributed by atoms with Gasteiger partial charge in [-0.2, -0.15) is 0 Å². The molecule has 0 spiro atoms. The van der Waals surface area contributed by atoms with Gasteiger partial charge in [-0.1, -0.05) is 23.7 Å². The number of rotatable bonds is 2. The Morgan fingerprint density at radius 3 is 3.18 bits per heavy atom. The van der Waals surface area contributed by atoms with E-state index in [1.807, 2.05) is 12.1 Å². The predicted molar refractivity (Wildman–Crippen MR) is 68.4 cm³/mol. The minimum absolute atomic E-state index is 0.201. The molecule has 1 fully saturated rings. The Bertz CT molecular complexity index is 384. The van der Waals surface area contributed by atoms with Crippen molar-refractivity contribution in [3.05, 3.63) is 28.8 Å². The van der Waals surface area contributed by atoms with E-state index in [9.17, 15) is 5.11 Å². The average Bonchev–Trinajstić information content (AvgIpc) is 2.49. The SMILES string of the molecule is CC1CN(Cc2cccc(Cl)c2O)CCCO1. The van der Waals surface area contributed by atoms with Crippen LogP contribution < -0.4 is 0 Å². The fourth-order valence-electron chi connectivity index (χ4n) is 2.15. The number of hydrogen-bond donors (Lipinski definition) is 1. The molecule has 1 aromatic rings. The smallest absolute Gasteiger partial charge is 0.138 e. The maximum Gasteiger partial charge on any atom is 0.138 e. The molecule has 0 aromatic heterocycles. The van der Waals surface area contributed by atoms with Crippen LogP contribution in [0.4, 0.5) is 0 Å². The molecule has 0 bridgehead atoms. The molecule has 1 N–H and O–H groups in total. The van der Waals surface area contributed by atoms with Crippen molar-refractivity contribution in [3.63, 3.8) is 0 Å². The van der Waals surface area contributed by atoms with Gasteiger partial charge in [-0.05, 0) is 19.4 Å². The molecule has 1 unspecified atom stereocenters. The quantitative estimate of drug-likeness (QED) is 0.882. The largest absolute Gasteiger partial charge is 0.506 e. The molecule has 0 radical (unpaired) electrons. The van der Waals surface area contributed by atoms with Crippen LogP contribution in [0.25, 0.3) is 0 Å². The maximum atomic E-state index is 9.87. The van der Waals surface area contributed by atoms with Crippen LogP contribution in [0, 0.1) is 0 Å². The highest BCUT2D eigenvalue weighted by Gasteiger charge is 2.16. The van der Waals surface area contributed by atoms with Crippen LogP contribution in [0.15, 0.2) is 18.2 Å². The van der Waals surface area contributed by atoms with Gasteiger partial charge < -0.3 is 9.84 Å². The van der Waals surface area contributed by atoms with E-state index in [1.165, 1.54) is 0 Å². The van der Waals surface area contributed by atoms with Crippen molar-refractivity contribution in [2.24, 2.45) is 0 Å². The van der Waals surface area contributed by atoms with Crippen molar-refractivity contribution in [3.8, 4) is 5.75 Å². The number of hydrogen-bond acceptors (Lipinski definition) is 3. The van der Waals surface area contributed by atoms with Gasteiger partial charge in [-0.3, -0.25) is 4.90 Å². The van der Waals surface area contributed by atoms with Crippen LogP contribution >= 0.6 is 11.6 Å². The maximum absolute atomic E-state index is 9.87. The van der Waals surface area contributed by atoms with Gasteiger partial charge in [0.25, 0.3) is 0 Å². The zero-order valence-corrected chi connectivity index (χ0v) is 10.8. The van der Waals surface area contributed by atoms with Crippen molar-refractivity contribution < 1.29 is 9.84 Å². The fourth-order valence-corrected chi connectivity index (χ4v) is 2.35. The first-order valence-electron chi connectivity index (χ1n) is 5.97. The monoisotopic (exact) mass is 255 g/mol. The molecule has 17 heavy (non-hydrogen) atoms. The van der Waals surface area contributed by atoms with E-state index >= 15 is 0 Å². The molecule has 1 aromatic carbocycles. The molecule has 0 saturated carbocycles. The van der Waals surface area contributed by atoms with Gasteiger partial charge in [0.1, 0.15) is 5.75 Å². The van der Waals surface area contributed by atoms with Crippen molar-refractivity contribution in [2.75, 3.05) is 19.7 Å². The molecule has 3 nitrogen and oxygen atoms in total. The third kappa shape index (κ3) is 3.35. The molecule has 1 aliphatic heterocycles. The summed E-state index contributed by atoms with van der Waals surface area (Å²) in [5, 5.41) is 10.3. The number of phenolic OH excluding ortho intramolecular Hbond substituents is 1. The first-order chi connectivity index (χ1) is 8.16. The second-order valence-electron chi connectivity index (χ2n) is 4.52. The summed E-state index contributed by atoms with van der Waals surface area (Å²) in [6, 6.07) is 5.49. The van der Waals surface area contributed by atoms with Gasteiger partial charge in [-0.15, -0.1) is 0 Å². The van der Waals surface area contributed by atoms with E-state index in [0.717, 1.165) is 38.2 Å². The average molecular weight is 256 g/mol. The third-order valence-corrected chi connectivity index (χ3v) is 3.31. The van der Waals surface area contributed by atoms with E-state index in [2.05, 4.69) is 11.8 Å². The fraction of sp³-hybridized carbons (Fsp3) is 0.538. The number of phenols is 1. The Balaban J connectivity index is 2.06. The summed E-state index contributed by atoms with van der Waals surface area (Å²) < 4.78 is 5.59. The van der Waals surface area contributed by atoms with Crippen molar-refractivity contribution in [1.82, 2.24) is 4.90 Å². The van der Waals surface area contributed by atoms with E-state index in [4.69, 9.17) is 16.3 Å². The molecule has 1 atom stereocenters. The Kier molecular flexibility index (Phi) is 4.26. The second-order valence-corrected chi connectivity index (χ2v) is 4.92. The van der Waals surface area contributed by atoms with Crippen molar-refractivity contribution in [2.45, 2.75) is 26.0 Å². The molecule has 0 aliphatic carbocycles. The second kappa shape index (κ2) is 5.71. The van der Waals surface area contributed by atoms with Gasteiger partial charge in [0.2, 0.25) is 0 Å². The van der Waals surface area contributed by atoms with E-state index < -0.39 is 0 Å². The lowest BCUT2D eigenvalue weighted by Crippen LogP contribution is -2.29. The van der Waals surface area contributed by atoms with Gasteiger partial charge in [0.15, 0.2) is 0 Å². The molecule has 2 rings (SSSR count). The number of aromatic hydroxyl groups is 1. The zero-order valence-electron chi connectivity index (χ0n) is 10.0. The number of nitrogens with zero attached hydrogens (tertiary/aromatic N) is 1. The standard InChI is InChI=1S/C13H18ClNO2/c1-10-8-15(6-3-7-17-10)9-11-4-2-5-12(14)13(11)16/h2,4-5,10,16H,3,6-9H2,1H3. The third-order valence-electron chi connectivity index (χ3n) is 3.00. The summed E-state index contributed by atoms with van der Waals surface area (Å²) >= 11 is 5.90. The number of benzene rings is 1. The van der Waals surface area contributed by atoms with Crippen LogP contribution in [-0.4, -0.2) is 35.8 Å². The highest BCUT2D eigenvalue weighted by Crippen LogP contribution is 2.28. The highest BCUT2D eigenvalue weighted by molar-refractivity contribution is 6.32. The minimum atomic E-state index is 0.201. The van der Waals surface area contributed by atoms with Gasteiger partial charge in [0.05, 0.1) is 11.1 Å². The summed E-state index contributed by atoms with van der Waals surface area (Å²) in [7, 11) is 0. The summed E-state index contributed by atoms with van der Waals surface area (Å²) in [6.07, 6.45) is 1.28. The Morgan fingerprint density at radius 1 is 1.53 bits per heavy atom. The van der Waals surface area contributed by atoms with E-state index in [1.54, 1.807) is 6.07 Å². The number of para-hydroxylation sites is 1. The lowest BCUT2D eigenvalue weighted by molar-refractivity contribution is 0.0667. The molecule has 4 heteroatoms. The topological polar surface area (TPSA) is 32.7 Å². The Labute approximate surface area is 107 Å². The van der Waals surface area contributed by atoms with Crippen LogP contribution in [-0.2, 0) is 11.3 Å². The molecule has 1 aliphatic rings. The van der Waals surface area contributed by atoms with Crippen LogP contribution in [0.1, 0.15) is 18.9 Å². The van der Waals surface area contributed by atoms with E-state index in [-0.39, 0.29) is 11.9 Å². The van der Waals surface area contributed by atoms with Crippen LogP contribution in [0.5, 0.6) is 5.75 Å². The van der Waals surface area contributed by atoms with E-state index in [0.29, 0.717) is 5.02 Å². The normalized spacial score (nSPS) is 22.4.